The molecule has 0 unspecified atom stereocenters. The highest BCUT2D eigenvalue weighted by Gasteiger charge is 1.97. The van der Waals surface area contributed by atoms with Gasteiger partial charge >= 0.3 is 0 Å². The van der Waals surface area contributed by atoms with Gasteiger partial charge in [0.05, 0.1) is 6.61 Å². The lowest BCUT2D eigenvalue weighted by atomic mass is 10.1. The predicted octanol–water partition coefficient (Wildman–Crippen LogP) is 4.15. The molecule has 0 amide bonds. The Kier molecular flexibility index (Phi) is 7.94. The molecule has 0 atom stereocenters. The van der Waals surface area contributed by atoms with Crippen molar-refractivity contribution in [3.8, 4) is 0 Å². The quantitative estimate of drug-likeness (QED) is 0.492. The number of aryl methyl sites for hydroxylation is 1. The number of nitrogens with two attached hydrogens (primary N) is 1. The van der Waals surface area contributed by atoms with Crippen LogP contribution in [-0.2, 0) is 4.84 Å². The van der Waals surface area contributed by atoms with Crippen molar-refractivity contribution in [2.75, 3.05) is 11.9 Å². The van der Waals surface area contributed by atoms with Gasteiger partial charge in [0, 0.05) is 11.4 Å². The van der Waals surface area contributed by atoms with Crippen molar-refractivity contribution in [2.24, 2.45) is 5.90 Å². The third-order valence-electron chi connectivity index (χ3n) is 3.08. The highest BCUT2D eigenvalue weighted by molar-refractivity contribution is 5.49. The first-order valence-electron chi connectivity index (χ1n) is 7.05. The maximum Gasteiger partial charge on any atom is 0.0679 e. The summed E-state index contributed by atoms with van der Waals surface area (Å²) >= 11 is 0. The number of unbranched alkanes of at least 4 members (excludes halogenated alkanes) is 4. The Bertz CT molecular complexity index is 377. The number of rotatable bonds is 10. The molecule has 0 saturated carbocycles. The topological polar surface area (TPSA) is 47.3 Å². The first-order chi connectivity index (χ1) is 9.22. The summed E-state index contributed by atoms with van der Waals surface area (Å²) in [7, 11) is 0. The first kappa shape index (κ1) is 15.7. The van der Waals surface area contributed by atoms with Gasteiger partial charge in [-0.05, 0) is 43.9 Å². The SMILES string of the molecule is C=C(CCCCCCCON)Nc1cccc(C)c1. The largest absolute Gasteiger partial charge is 0.359 e. The molecule has 3 N–H and O–H groups in total. The lowest BCUT2D eigenvalue weighted by Gasteiger charge is -2.10. The van der Waals surface area contributed by atoms with Crippen LogP contribution in [0.4, 0.5) is 5.69 Å². The van der Waals surface area contributed by atoms with E-state index in [0.717, 1.165) is 24.2 Å². The summed E-state index contributed by atoms with van der Waals surface area (Å²) in [6, 6.07) is 8.37. The zero-order valence-corrected chi connectivity index (χ0v) is 12.0. The summed E-state index contributed by atoms with van der Waals surface area (Å²) in [4.78, 5) is 4.54. The molecule has 19 heavy (non-hydrogen) atoms. The van der Waals surface area contributed by atoms with Crippen LogP contribution in [0.25, 0.3) is 0 Å². The lowest BCUT2D eigenvalue weighted by molar-refractivity contribution is 0.133. The number of allylic oxidation sites excluding steroid dienone is 1. The Morgan fingerprint density at radius 1 is 1.21 bits per heavy atom. The molecule has 1 aromatic rings. The van der Waals surface area contributed by atoms with E-state index in [1.807, 2.05) is 0 Å². The maximum absolute atomic E-state index is 4.97. The summed E-state index contributed by atoms with van der Waals surface area (Å²) in [5.41, 5.74) is 3.49. The Labute approximate surface area is 116 Å². The van der Waals surface area contributed by atoms with Crippen molar-refractivity contribution in [3.05, 3.63) is 42.1 Å². The van der Waals surface area contributed by atoms with Crippen molar-refractivity contribution in [1.29, 1.82) is 0 Å². The third kappa shape index (κ3) is 7.65. The second kappa shape index (κ2) is 9.59. The van der Waals surface area contributed by atoms with Crippen LogP contribution in [0.3, 0.4) is 0 Å². The van der Waals surface area contributed by atoms with Crippen molar-refractivity contribution in [1.82, 2.24) is 0 Å². The van der Waals surface area contributed by atoms with Crippen LogP contribution in [-0.4, -0.2) is 6.61 Å². The van der Waals surface area contributed by atoms with E-state index < -0.39 is 0 Å². The molecule has 106 valence electrons. The molecule has 0 bridgehead atoms. The molecule has 0 aliphatic rings. The van der Waals surface area contributed by atoms with E-state index >= 15 is 0 Å². The summed E-state index contributed by atoms with van der Waals surface area (Å²) < 4.78 is 0. The van der Waals surface area contributed by atoms with Crippen molar-refractivity contribution in [3.63, 3.8) is 0 Å². The first-order valence-corrected chi connectivity index (χ1v) is 7.05. The van der Waals surface area contributed by atoms with Crippen LogP contribution in [0.15, 0.2) is 36.5 Å². The molecular formula is C16H26N2O. The second-order valence-electron chi connectivity index (χ2n) is 4.99. The minimum absolute atomic E-state index is 0.668. The van der Waals surface area contributed by atoms with Gasteiger partial charge in [0.15, 0.2) is 0 Å². The lowest BCUT2D eigenvalue weighted by Crippen LogP contribution is -2.00. The normalized spacial score (nSPS) is 10.4. The molecule has 0 saturated heterocycles. The van der Waals surface area contributed by atoms with Crippen LogP contribution in [0.5, 0.6) is 0 Å². The number of hydrogen-bond acceptors (Lipinski definition) is 3. The Balaban J connectivity index is 2.08. The molecule has 0 fully saturated rings. The molecule has 0 aromatic heterocycles. The Morgan fingerprint density at radius 3 is 2.68 bits per heavy atom. The summed E-state index contributed by atoms with van der Waals surface area (Å²) in [5.74, 6) is 4.97. The fourth-order valence-corrected chi connectivity index (χ4v) is 2.04. The molecule has 1 aromatic carbocycles. The van der Waals surface area contributed by atoms with Crippen molar-refractivity contribution >= 4 is 5.69 Å². The highest BCUT2D eigenvalue weighted by Crippen LogP contribution is 2.15. The zero-order valence-electron chi connectivity index (χ0n) is 12.0. The van der Waals surface area contributed by atoms with E-state index in [-0.39, 0.29) is 0 Å². The second-order valence-corrected chi connectivity index (χ2v) is 4.99. The average Bonchev–Trinajstić information content (AvgIpc) is 2.37. The monoisotopic (exact) mass is 262 g/mol. The zero-order chi connectivity index (χ0) is 13.9. The highest BCUT2D eigenvalue weighted by atomic mass is 16.6. The number of hydrogen-bond donors (Lipinski definition) is 2. The van der Waals surface area contributed by atoms with Gasteiger partial charge in [0.2, 0.25) is 0 Å². The molecule has 3 nitrogen and oxygen atoms in total. The van der Waals surface area contributed by atoms with E-state index in [4.69, 9.17) is 5.90 Å². The van der Waals surface area contributed by atoms with Gasteiger partial charge in [-0.25, -0.2) is 5.90 Å². The summed E-state index contributed by atoms with van der Waals surface area (Å²) in [6.45, 7) is 6.84. The Hall–Kier alpha value is -1.32. The Morgan fingerprint density at radius 2 is 1.95 bits per heavy atom. The fourth-order valence-electron chi connectivity index (χ4n) is 2.04. The molecule has 0 spiro atoms. The van der Waals surface area contributed by atoms with Gasteiger partial charge in [-0.2, -0.15) is 0 Å². The van der Waals surface area contributed by atoms with Crippen molar-refractivity contribution < 1.29 is 4.84 Å². The van der Waals surface area contributed by atoms with Gasteiger partial charge in [-0.1, -0.05) is 38.0 Å². The molecule has 3 heteroatoms. The fraction of sp³-hybridized carbons (Fsp3) is 0.500. The van der Waals surface area contributed by atoms with E-state index in [0.29, 0.717) is 6.61 Å². The number of nitrogens with one attached hydrogen (secondary N) is 1. The van der Waals surface area contributed by atoms with Crippen LogP contribution >= 0.6 is 0 Å². The number of benzene rings is 1. The maximum atomic E-state index is 4.97. The molecular weight excluding hydrogens is 236 g/mol. The van der Waals surface area contributed by atoms with E-state index in [9.17, 15) is 0 Å². The van der Waals surface area contributed by atoms with Gasteiger partial charge < -0.3 is 10.2 Å². The van der Waals surface area contributed by atoms with Crippen LogP contribution in [0.1, 0.15) is 44.1 Å². The third-order valence-corrected chi connectivity index (χ3v) is 3.08. The van der Waals surface area contributed by atoms with Gasteiger partial charge in [-0.15, -0.1) is 0 Å². The van der Waals surface area contributed by atoms with E-state index in [1.54, 1.807) is 0 Å². The van der Waals surface area contributed by atoms with Gasteiger partial charge in [0.25, 0.3) is 0 Å². The van der Waals surface area contributed by atoms with Gasteiger partial charge in [-0.3, -0.25) is 0 Å². The minimum atomic E-state index is 0.668. The standard InChI is InChI=1S/C16H26N2O/c1-14-9-8-11-16(13-14)18-15(2)10-6-4-3-5-7-12-19-17/h8-9,11,13,18H,2-7,10,12,17H2,1H3. The van der Waals surface area contributed by atoms with Crippen LogP contribution < -0.4 is 11.2 Å². The molecule has 0 heterocycles. The minimum Gasteiger partial charge on any atom is -0.359 e. The average molecular weight is 262 g/mol. The van der Waals surface area contributed by atoms with Crippen molar-refractivity contribution in [2.45, 2.75) is 45.4 Å². The molecule has 0 aliphatic heterocycles. The summed E-state index contributed by atoms with van der Waals surface area (Å²) in [5, 5.41) is 3.36. The van der Waals surface area contributed by atoms with Crippen LogP contribution in [0, 0.1) is 6.92 Å². The molecule has 1 rings (SSSR count). The molecule has 0 radical (unpaired) electrons. The molecule has 0 aliphatic carbocycles. The number of anilines is 1. The smallest absolute Gasteiger partial charge is 0.0679 e. The van der Waals surface area contributed by atoms with Crippen LogP contribution in [0.2, 0.25) is 0 Å². The van der Waals surface area contributed by atoms with E-state index in [2.05, 4.69) is 47.9 Å². The van der Waals surface area contributed by atoms with Gasteiger partial charge in [0.1, 0.15) is 0 Å². The summed E-state index contributed by atoms with van der Waals surface area (Å²) in [6.07, 6.45) is 6.93. The predicted molar refractivity (Wildman–Crippen MR) is 81.8 cm³/mol. The van der Waals surface area contributed by atoms with E-state index in [1.165, 1.54) is 31.2 Å².